The fourth-order valence-corrected chi connectivity index (χ4v) is 3.07. The van der Waals surface area contributed by atoms with Crippen LogP contribution in [0.3, 0.4) is 0 Å². The van der Waals surface area contributed by atoms with E-state index < -0.39 is 5.60 Å². The molecule has 17 heavy (non-hydrogen) atoms. The highest BCUT2D eigenvalue weighted by atomic mass is 19.1. The highest BCUT2D eigenvalue weighted by molar-refractivity contribution is 5.19. The second-order valence-corrected chi connectivity index (χ2v) is 5.26. The summed E-state index contributed by atoms with van der Waals surface area (Å²) in [7, 11) is 0. The molecule has 1 aromatic rings. The summed E-state index contributed by atoms with van der Waals surface area (Å²) in [5.74, 6) is 0.178. The summed E-state index contributed by atoms with van der Waals surface area (Å²) < 4.78 is 12.8. The number of hydrogen-bond acceptors (Lipinski definition) is 1. The Hall–Kier alpha value is -0.890. The van der Waals surface area contributed by atoms with Crippen molar-refractivity contribution in [2.75, 3.05) is 0 Å². The lowest BCUT2D eigenvalue weighted by Crippen LogP contribution is -2.42. The number of aliphatic hydroxyl groups is 1. The fourth-order valence-electron chi connectivity index (χ4n) is 3.07. The van der Waals surface area contributed by atoms with Crippen LogP contribution in [-0.4, -0.2) is 10.7 Å². The van der Waals surface area contributed by atoms with E-state index in [1.54, 1.807) is 12.1 Å². The van der Waals surface area contributed by atoms with Crippen LogP contribution in [0.5, 0.6) is 0 Å². The quantitative estimate of drug-likeness (QED) is 0.848. The van der Waals surface area contributed by atoms with Crippen LogP contribution in [0.1, 0.15) is 44.6 Å². The van der Waals surface area contributed by atoms with E-state index in [1.165, 1.54) is 18.6 Å². The van der Waals surface area contributed by atoms with Gasteiger partial charge in [-0.1, -0.05) is 38.3 Å². The molecule has 0 aliphatic heterocycles. The average Bonchev–Trinajstić information content (AvgIpc) is 2.32. The molecule has 1 aliphatic rings. The Labute approximate surface area is 103 Å². The van der Waals surface area contributed by atoms with Gasteiger partial charge in [-0.25, -0.2) is 4.39 Å². The highest BCUT2D eigenvalue weighted by Crippen LogP contribution is 2.38. The van der Waals surface area contributed by atoms with Crippen molar-refractivity contribution < 1.29 is 9.50 Å². The summed E-state index contributed by atoms with van der Waals surface area (Å²) in [6.07, 6.45) is 6.01. The van der Waals surface area contributed by atoms with Crippen LogP contribution in [0, 0.1) is 11.7 Å². The van der Waals surface area contributed by atoms with Crippen molar-refractivity contribution in [1.82, 2.24) is 0 Å². The summed E-state index contributed by atoms with van der Waals surface area (Å²) in [6.45, 7) is 2.14. The van der Waals surface area contributed by atoms with Gasteiger partial charge in [-0.05, 0) is 36.5 Å². The molecule has 0 radical (unpaired) electrons. The minimum atomic E-state index is -0.579. The molecule has 1 saturated carbocycles. The van der Waals surface area contributed by atoms with Gasteiger partial charge in [0.15, 0.2) is 0 Å². The first kappa shape index (κ1) is 12.6. The normalized spacial score (nSPS) is 29.2. The third-order valence-electron chi connectivity index (χ3n) is 4.09. The Morgan fingerprint density at radius 1 is 1.29 bits per heavy atom. The van der Waals surface area contributed by atoms with Gasteiger partial charge in [-0.3, -0.25) is 0 Å². The Kier molecular flexibility index (Phi) is 3.82. The molecule has 0 amide bonds. The van der Waals surface area contributed by atoms with E-state index in [1.807, 2.05) is 0 Å². The maximum absolute atomic E-state index is 12.8. The number of rotatable bonds is 3. The number of halogens is 1. The zero-order valence-electron chi connectivity index (χ0n) is 10.5. The summed E-state index contributed by atoms with van der Waals surface area (Å²) in [6, 6.07) is 6.52. The van der Waals surface area contributed by atoms with Crippen LogP contribution >= 0.6 is 0 Å². The van der Waals surface area contributed by atoms with Gasteiger partial charge in [0.2, 0.25) is 0 Å². The summed E-state index contributed by atoms with van der Waals surface area (Å²) in [5.41, 5.74) is 0.458. The second-order valence-electron chi connectivity index (χ2n) is 5.26. The molecule has 1 nitrogen and oxygen atoms in total. The molecule has 0 spiro atoms. The highest BCUT2D eigenvalue weighted by Gasteiger charge is 2.37. The molecule has 2 unspecified atom stereocenters. The van der Waals surface area contributed by atoms with E-state index in [4.69, 9.17) is 0 Å². The van der Waals surface area contributed by atoms with Gasteiger partial charge in [-0.15, -0.1) is 0 Å². The molecular weight excluding hydrogens is 215 g/mol. The van der Waals surface area contributed by atoms with Crippen LogP contribution in [-0.2, 0) is 6.42 Å². The molecular formula is C15H21FO. The molecule has 1 aliphatic carbocycles. The van der Waals surface area contributed by atoms with Crippen molar-refractivity contribution in [2.45, 2.75) is 51.0 Å². The molecule has 94 valence electrons. The number of benzene rings is 1. The van der Waals surface area contributed by atoms with Gasteiger partial charge < -0.3 is 5.11 Å². The van der Waals surface area contributed by atoms with Gasteiger partial charge >= 0.3 is 0 Å². The summed E-state index contributed by atoms with van der Waals surface area (Å²) in [5, 5.41) is 10.8. The molecule has 0 heterocycles. The van der Waals surface area contributed by atoms with Gasteiger partial charge in [0.05, 0.1) is 5.60 Å². The molecule has 0 saturated heterocycles. The Morgan fingerprint density at radius 2 is 2.00 bits per heavy atom. The van der Waals surface area contributed by atoms with Crippen LogP contribution in [0.15, 0.2) is 24.3 Å². The lowest BCUT2D eigenvalue weighted by Gasteiger charge is -2.40. The Morgan fingerprint density at radius 3 is 2.65 bits per heavy atom. The van der Waals surface area contributed by atoms with Crippen molar-refractivity contribution >= 4 is 0 Å². The molecule has 0 aromatic heterocycles. The smallest absolute Gasteiger partial charge is 0.123 e. The molecule has 2 heteroatoms. The van der Waals surface area contributed by atoms with Crippen molar-refractivity contribution in [1.29, 1.82) is 0 Å². The molecule has 1 aromatic carbocycles. The molecule has 2 atom stereocenters. The molecule has 0 bridgehead atoms. The topological polar surface area (TPSA) is 20.2 Å². The lowest BCUT2D eigenvalue weighted by atomic mass is 9.71. The molecule has 1 fully saturated rings. The van der Waals surface area contributed by atoms with Gasteiger partial charge in [0.1, 0.15) is 5.82 Å². The van der Waals surface area contributed by atoms with Crippen molar-refractivity contribution in [3.05, 3.63) is 35.6 Å². The SMILES string of the molecule is CCC1CCCCC1(O)Cc1ccc(F)cc1. The van der Waals surface area contributed by atoms with Crippen molar-refractivity contribution in [2.24, 2.45) is 5.92 Å². The second kappa shape index (κ2) is 5.18. The van der Waals surface area contributed by atoms with E-state index in [-0.39, 0.29) is 5.82 Å². The zero-order valence-corrected chi connectivity index (χ0v) is 10.5. The third-order valence-corrected chi connectivity index (χ3v) is 4.09. The van der Waals surface area contributed by atoms with Gasteiger partial charge in [-0.2, -0.15) is 0 Å². The van der Waals surface area contributed by atoms with Crippen LogP contribution in [0.25, 0.3) is 0 Å². The molecule has 2 rings (SSSR count). The maximum Gasteiger partial charge on any atom is 0.123 e. The van der Waals surface area contributed by atoms with Crippen LogP contribution in [0.2, 0.25) is 0 Å². The van der Waals surface area contributed by atoms with Gasteiger partial charge in [0.25, 0.3) is 0 Å². The van der Waals surface area contributed by atoms with Crippen molar-refractivity contribution in [3.63, 3.8) is 0 Å². The zero-order chi connectivity index (χ0) is 12.3. The first-order valence-corrected chi connectivity index (χ1v) is 6.61. The van der Waals surface area contributed by atoms with Crippen LogP contribution in [0.4, 0.5) is 4.39 Å². The van der Waals surface area contributed by atoms with E-state index in [0.717, 1.165) is 31.2 Å². The minimum absolute atomic E-state index is 0.212. The third kappa shape index (κ3) is 2.86. The molecule has 1 N–H and O–H groups in total. The predicted octanol–water partition coefficient (Wildman–Crippen LogP) is 3.70. The maximum atomic E-state index is 12.8. The van der Waals surface area contributed by atoms with Crippen molar-refractivity contribution in [3.8, 4) is 0 Å². The Bertz CT molecular complexity index is 360. The first-order chi connectivity index (χ1) is 8.14. The van der Waals surface area contributed by atoms with Gasteiger partial charge in [0, 0.05) is 6.42 Å². The van der Waals surface area contributed by atoms with E-state index in [9.17, 15) is 9.50 Å². The largest absolute Gasteiger partial charge is 0.389 e. The predicted molar refractivity (Wildman–Crippen MR) is 67.3 cm³/mol. The summed E-state index contributed by atoms with van der Waals surface area (Å²) >= 11 is 0. The summed E-state index contributed by atoms with van der Waals surface area (Å²) in [4.78, 5) is 0. The minimum Gasteiger partial charge on any atom is -0.389 e. The lowest BCUT2D eigenvalue weighted by molar-refractivity contribution is -0.0491. The van der Waals surface area contributed by atoms with E-state index in [0.29, 0.717) is 12.3 Å². The first-order valence-electron chi connectivity index (χ1n) is 6.61. The number of hydrogen-bond donors (Lipinski definition) is 1. The van der Waals surface area contributed by atoms with E-state index in [2.05, 4.69) is 6.92 Å². The van der Waals surface area contributed by atoms with E-state index >= 15 is 0 Å². The standard InChI is InChI=1S/C15H21FO/c1-2-13-5-3-4-10-15(13,17)11-12-6-8-14(16)9-7-12/h6-9,13,17H,2-5,10-11H2,1H3. The monoisotopic (exact) mass is 236 g/mol. The Balaban J connectivity index is 2.11. The van der Waals surface area contributed by atoms with Crippen LogP contribution < -0.4 is 0 Å². The fraction of sp³-hybridized carbons (Fsp3) is 0.600. The average molecular weight is 236 g/mol.